The average molecular weight is 213 g/mol. The lowest BCUT2D eigenvalue weighted by Gasteiger charge is -1.97. The van der Waals surface area contributed by atoms with Gasteiger partial charge in [-0.25, -0.2) is 0 Å². The largest absolute Gasteiger partial charge is 0.507 e. The maximum Gasteiger partial charge on any atom is 0.123 e. The van der Waals surface area contributed by atoms with Crippen molar-refractivity contribution in [1.29, 1.82) is 0 Å². The molecule has 0 fully saturated rings. The number of rotatable bonds is 0. The van der Waals surface area contributed by atoms with Gasteiger partial charge in [0.25, 0.3) is 0 Å². The van der Waals surface area contributed by atoms with Gasteiger partial charge < -0.3 is 5.11 Å². The third-order valence-electron chi connectivity index (χ3n) is 1.77. The Morgan fingerprint density at radius 1 is 0.857 bits per heavy atom. The molecule has 0 heterocycles. The van der Waals surface area contributed by atoms with Crippen LogP contribution in [0.1, 0.15) is 0 Å². The number of hydrogen-bond donors (Lipinski definition) is 3. The molecule has 0 unspecified atom stereocenters. The van der Waals surface area contributed by atoms with Crippen LogP contribution in [0.5, 0.6) is 5.75 Å². The number of halogens is 1. The molecule has 0 aliphatic rings. The summed E-state index contributed by atoms with van der Waals surface area (Å²) in [5.74, 6) is 8.35. The lowest BCUT2D eigenvalue weighted by atomic mass is 10.1. The molecule has 0 aromatic heterocycles. The zero-order valence-electron chi connectivity index (χ0n) is 7.55. The second-order valence-corrected chi connectivity index (χ2v) is 2.50. The van der Waals surface area contributed by atoms with Gasteiger partial charge in [0.1, 0.15) is 5.75 Å². The van der Waals surface area contributed by atoms with Crippen molar-refractivity contribution in [1.82, 2.24) is 0 Å². The van der Waals surface area contributed by atoms with E-state index < -0.39 is 0 Å². The number of benzene rings is 2. The van der Waals surface area contributed by atoms with E-state index in [0.29, 0.717) is 5.75 Å². The minimum Gasteiger partial charge on any atom is -0.507 e. The second kappa shape index (κ2) is 6.21. The van der Waals surface area contributed by atoms with E-state index in [1.54, 1.807) is 6.07 Å². The Labute approximate surface area is 88.7 Å². The quantitative estimate of drug-likeness (QED) is 0.461. The van der Waals surface area contributed by atoms with Crippen molar-refractivity contribution in [3.63, 3.8) is 0 Å². The van der Waals surface area contributed by atoms with E-state index >= 15 is 0 Å². The Balaban J connectivity index is 0.000000531. The van der Waals surface area contributed by atoms with Crippen molar-refractivity contribution in [2.24, 2.45) is 11.7 Å². The molecule has 2 rings (SSSR count). The smallest absolute Gasteiger partial charge is 0.123 e. The van der Waals surface area contributed by atoms with E-state index in [9.17, 15) is 5.11 Å². The lowest BCUT2D eigenvalue weighted by molar-refractivity contribution is 0.481. The van der Waals surface area contributed by atoms with Crippen molar-refractivity contribution in [3.05, 3.63) is 42.5 Å². The van der Waals surface area contributed by atoms with E-state index in [-0.39, 0.29) is 12.4 Å². The maximum atomic E-state index is 9.37. The van der Waals surface area contributed by atoms with Gasteiger partial charge in [-0.3, -0.25) is 11.7 Å². The van der Waals surface area contributed by atoms with Crippen LogP contribution in [-0.2, 0) is 0 Å². The summed E-state index contributed by atoms with van der Waals surface area (Å²) in [5.41, 5.74) is 0. The maximum absolute atomic E-state index is 9.37. The van der Waals surface area contributed by atoms with Crippen LogP contribution in [0.4, 0.5) is 0 Å². The molecule has 0 saturated carbocycles. The molecule has 2 aromatic rings. The molecule has 0 aliphatic heterocycles. The lowest BCUT2D eigenvalue weighted by Crippen LogP contribution is -2.02. The number of aromatic hydroxyl groups is 1. The van der Waals surface area contributed by atoms with Gasteiger partial charge in [-0.1, -0.05) is 36.4 Å². The fourth-order valence-electron chi connectivity index (χ4n) is 1.21. The van der Waals surface area contributed by atoms with Gasteiger partial charge in [-0.2, -0.15) is 0 Å². The fourth-order valence-corrected chi connectivity index (χ4v) is 1.21. The minimum absolute atomic E-state index is 0. The number of nitrogens with two attached hydrogens (primary N) is 2. The van der Waals surface area contributed by atoms with Crippen LogP contribution in [0.3, 0.4) is 0 Å². The average Bonchev–Trinajstić information content (AvgIpc) is 2.22. The molecule has 76 valence electrons. The highest BCUT2D eigenvalue weighted by Crippen LogP contribution is 2.22. The molecular weight excluding hydrogens is 200 g/mol. The van der Waals surface area contributed by atoms with Crippen LogP contribution >= 0.6 is 12.4 Å². The van der Waals surface area contributed by atoms with Gasteiger partial charge in [-0.15, -0.1) is 12.4 Å². The van der Waals surface area contributed by atoms with E-state index in [1.807, 2.05) is 36.4 Å². The number of phenolic OH excluding ortho intramolecular Hbond substituents is 1. The molecule has 0 radical (unpaired) electrons. The fraction of sp³-hybridized carbons (Fsp3) is 0. The van der Waals surface area contributed by atoms with Crippen LogP contribution in [0, 0.1) is 0 Å². The number of hydrazine groups is 1. The summed E-state index contributed by atoms with van der Waals surface area (Å²) in [6, 6.07) is 13.3. The number of hydrogen-bond acceptors (Lipinski definition) is 3. The van der Waals surface area contributed by atoms with E-state index in [1.165, 1.54) is 0 Å². The monoisotopic (exact) mass is 212 g/mol. The molecule has 0 bridgehead atoms. The van der Waals surface area contributed by atoms with Crippen molar-refractivity contribution >= 4 is 23.2 Å². The normalized spacial score (nSPS) is 8.43. The molecular formula is C10H13ClN2O. The molecule has 0 spiro atoms. The van der Waals surface area contributed by atoms with Crippen molar-refractivity contribution in [2.45, 2.75) is 0 Å². The number of phenols is 1. The van der Waals surface area contributed by atoms with Crippen LogP contribution in [-0.4, -0.2) is 5.11 Å². The van der Waals surface area contributed by atoms with Gasteiger partial charge >= 0.3 is 0 Å². The van der Waals surface area contributed by atoms with Gasteiger partial charge in [-0.05, 0) is 11.5 Å². The molecule has 4 heteroatoms. The first-order valence-corrected chi connectivity index (χ1v) is 3.88. The van der Waals surface area contributed by atoms with E-state index in [4.69, 9.17) is 0 Å². The molecule has 0 aliphatic carbocycles. The van der Waals surface area contributed by atoms with E-state index in [2.05, 4.69) is 11.7 Å². The molecule has 2 aromatic carbocycles. The summed E-state index contributed by atoms with van der Waals surface area (Å²) in [4.78, 5) is 0. The Kier molecular flexibility index (Phi) is 5.64. The SMILES string of the molecule is Cl.NN.Oc1cccc2ccccc12. The van der Waals surface area contributed by atoms with Crippen LogP contribution in [0.15, 0.2) is 42.5 Å². The molecule has 5 N–H and O–H groups in total. The summed E-state index contributed by atoms with van der Waals surface area (Å²) in [5, 5.41) is 11.4. The zero-order valence-corrected chi connectivity index (χ0v) is 8.37. The highest BCUT2D eigenvalue weighted by atomic mass is 35.5. The third-order valence-corrected chi connectivity index (χ3v) is 1.77. The van der Waals surface area contributed by atoms with Crippen LogP contribution < -0.4 is 11.7 Å². The van der Waals surface area contributed by atoms with Gasteiger partial charge in [0.05, 0.1) is 0 Å². The predicted octanol–water partition coefficient (Wildman–Crippen LogP) is 1.79. The van der Waals surface area contributed by atoms with Gasteiger partial charge in [0, 0.05) is 5.39 Å². The summed E-state index contributed by atoms with van der Waals surface area (Å²) >= 11 is 0. The second-order valence-electron chi connectivity index (χ2n) is 2.50. The summed E-state index contributed by atoms with van der Waals surface area (Å²) in [7, 11) is 0. The van der Waals surface area contributed by atoms with Crippen molar-refractivity contribution in [2.75, 3.05) is 0 Å². The molecule has 0 atom stereocenters. The van der Waals surface area contributed by atoms with Crippen molar-refractivity contribution < 1.29 is 5.11 Å². The van der Waals surface area contributed by atoms with Crippen LogP contribution in [0.25, 0.3) is 10.8 Å². The first-order chi connectivity index (χ1) is 6.38. The first-order valence-electron chi connectivity index (χ1n) is 3.88. The van der Waals surface area contributed by atoms with Gasteiger partial charge in [0.15, 0.2) is 0 Å². The molecule has 0 amide bonds. The third kappa shape index (κ3) is 2.60. The molecule has 0 saturated heterocycles. The summed E-state index contributed by atoms with van der Waals surface area (Å²) in [6.45, 7) is 0. The summed E-state index contributed by atoms with van der Waals surface area (Å²) < 4.78 is 0. The van der Waals surface area contributed by atoms with E-state index in [0.717, 1.165) is 10.8 Å². The Morgan fingerprint density at radius 3 is 2.07 bits per heavy atom. The Morgan fingerprint density at radius 2 is 1.43 bits per heavy atom. The van der Waals surface area contributed by atoms with Gasteiger partial charge in [0.2, 0.25) is 0 Å². The summed E-state index contributed by atoms with van der Waals surface area (Å²) in [6.07, 6.45) is 0. The highest BCUT2D eigenvalue weighted by Gasteiger charge is 1.94. The molecule has 14 heavy (non-hydrogen) atoms. The molecule has 3 nitrogen and oxygen atoms in total. The zero-order chi connectivity index (χ0) is 9.68. The topological polar surface area (TPSA) is 72.3 Å². The standard InChI is InChI=1S/C10H8O.ClH.H4N2/c11-10-7-3-5-8-4-1-2-6-9(8)10;;1-2/h1-7,11H;1H;1-2H2. The Bertz CT molecular complexity index is 387. The van der Waals surface area contributed by atoms with Crippen molar-refractivity contribution in [3.8, 4) is 5.75 Å². The van der Waals surface area contributed by atoms with Crippen LogP contribution in [0.2, 0.25) is 0 Å². The predicted molar refractivity (Wildman–Crippen MR) is 61.2 cm³/mol. The number of fused-ring (bicyclic) bond motifs is 1. The first kappa shape index (κ1) is 12.7. The highest BCUT2D eigenvalue weighted by molar-refractivity contribution is 5.87. The Hall–Kier alpha value is -1.29. The minimum atomic E-state index is 0.